The van der Waals surface area contributed by atoms with Gasteiger partial charge in [0, 0.05) is 39.5 Å². The van der Waals surface area contributed by atoms with Crippen molar-refractivity contribution in [3.63, 3.8) is 0 Å². The van der Waals surface area contributed by atoms with Gasteiger partial charge in [0.25, 0.3) is 11.8 Å². The van der Waals surface area contributed by atoms with E-state index in [0.29, 0.717) is 42.1 Å². The molecule has 0 aliphatic heterocycles. The van der Waals surface area contributed by atoms with Crippen molar-refractivity contribution in [2.45, 2.75) is 25.7 Å². The van der Waals surface area contributed by atoms with Crippen LogP contribution in [0.3, 0.4) is 0 Å². The number of carbonyl (C=O) groups excluding carboxylic acids is 3. The maximum Gasteiger partial charge on any atom is 0.272 e. The first-order valence-corrected chi connectivity index (χ1v) is 15.7. The molecule has 0 saturated heterocycles. The van der Waals surface area contributed by atoms with Gasteiger partial charge in [-0.1, -0.05) is 54.6 Å². The summed E-state index contributed by atoms with van der Waals surface area (Å²) < 4.78 is 3.37. The van der Waals surface area contributed by atoms with E-state index in [-0.39, 0.29) is 17.7 Å². The second kappa shape index (κ2) is 13.1. The van der Waals surface area contributed by atoms with E-state index in [0.717, 1.165) is 19.4 Å². The Morgan fingerprint density at radius 3 is 2.07 bits per heavy atom. The molecule has 6 rings (SSSR count). The molecule has 9 nitrogen and oxygen atoms in total. The molecule has 4 aromatic carbocycles. The van der Waals surface area contributed by atoms with Gasteiger partial charge in [0.05, 0.1) is 11.4 Å². The van der Waals surface area contributed by atoms with Crippen molar-refractivity contribution in [1.82, 2.24) is 19.4 Å². The van der Waals surface area contributed by atoms with Gasteiger partial charge >= 0.3 is 0 Å². The van der Waals surface area contributed by atoms with Crippen LogP contribution < -0.4 is 16.0 Å². The van der Waals surface area contributed by atoms with Gasteiger partial charge in [0.15, 0.2) is 0 Å². The Labute approximate surface area is 268 Å². The monoisotopic (exact) mass is 616 g/mol. The number of anilines is 2. The first kappa shape index (κ1) is 30.9. The van der Waals surface area contributed by atoms with Crippen LogP contribution in [0.2, 0.25) is 0 Å². The summed E-state index contributed by atoms with van der Waals surface area (Å²) >= 11 is 0. The number of hydrogen-bond acceptors (Lipinski definition) is 4. The minimum atomic E-state index is -0.333. The maximum absolute atomic E-state index is 13.1. The normalized spacial score (nSPS) is 11.6. The van der Waals surface area contributed by atoms with Crippen molar-refractivity contribution in [2.24, 2.45) is 14.1 Å². The summed E-state index contributed by atoms with van der Waals surface area (Å²) in [4.78, 5) is 40.7. The quantitative estimate of drug-likeness (QED) is 0.113. The Morgan fingerprint density at radius 1 is 0.717 bits per heavy atom. The molecule has 3 N–H and O–H groups in total. The molecule has 0 fully saturated rings. The van der Waals surface area contributed by atoms with E-state index >= 15 is 0 Å². The molecule has 3 amide bonds. The summed E-state index contributed by atoms with van der Waals surface area (Å²) in [5.41, 5.74) is 3.17. The van der Waals surface area contributed by atoms with Crippen LogP contribution in [0.4, 0.5) is 11.4 Å². The van der Waals surface area contributed by atoms with Gasteiger partial charge in [-0.25, -0.2) is 0 Å². The maximum atomic E-state index is 13.1. The first-order chi connectivity index (χ1) is 22.2. The lowest BCUT2D eigenvalue weighted by Crippen LogP contribution is -2.28. The summed E-state index contributed by atoms with van der Waals surface area (Å²) in [5, 5.41) is 16.3. The molecular weight excluding hydrogens is 576 g/mol. The minimum absolute atomic E-state index is 0.0982. The predicted octanol–water partition coefficient (Wildman–Crippen LogP) is 6.16. The van der Waals surface area contributed by atoms with Crippen molar-refractivity contribution in [1.29, 1.82) is 0 Å². The van der Waals surface area contributed by atoms with E-state index in [1.165, 1.54) is 37.9 Å². The number of rotatable bonds is 12. The fraction of sp³-hybridized carbons (Fsp3) is 0.270. The number of aryl methyl sites for hydroxylation is 3. The molecule has 0 aliphatic rings. The third-order valence-electron chi connectivity index (χ3n) is 8.53. The Morgan fingerprint density at radius 2 is 1.35 bits per heavy atom. The van der Waals surface area contributed by atoms with E-state index in [9.17, 15) is 14.4 Å². The molecule has 0 unspecified atom stereocenters. The summed E-state index contributed by atoms with van der Waals surface area (Å²) in [6.45, 7) is 1.46. The second-order valence-electron chi connectivity index (χ2n) is 12.3. The zero-order chi connectivity index (χ0) is 32.4. The Bertz CT molecular complexity index is 2050. The van der Waals surface area contributed by atoms with Gasteiger partial charge in [0.2, 0.25) is 5.91 Å². The van der Waals surface area contributed by atoms with Crippen LogP contribution in [0.15, 0.2) is 79.1 Å². The van der Waals surface area contributed by atoms with Crippen LogP contribution in [-0.2, 0) is 25.3 Å². The molecule has 46 heavy (non-hydrogen) atoms. The third-order valence-corrected chi connectivity index (χ3v) is 8.53. The van der Waals surface area contributed by atoms with Crippen molar-refractivity contribution >= 4 is 61.4 Å². The Hall–Kier alpha value is -5.15. The van der Waals surface area contributed by atoms with E-state index in [4.69, 9.17) is 0 Å². The summed E-state index contributed by atoms with van der Waals surface area (Å²) in [5.74, 6) is -0.621. The molecule has 6 aromatic rings. The molecular formula is C37H40N6O3. The molecule has 2 aromatic heterocycles. The van der Waals surface area contributed by atoms with Gasteiger partial charge in [-0.2, -0.15) is 0 Å². The van der Waals surface area contributed by atoms with Gasteiger partial charge in [-0.3, -0.25) is 14.4 Å². The smallest absolute Gasteiger partial charge is 0.272 e. The number of benzene rings is 4. The van der Waals surface area contributed by atoms with Crippen LogP contribution in [0.1, 0.15) is 45.8 Å². The predicted molar refractivity (Wildman–Crippen MR) is 186 cm³/mol. The lowest BCUT2D eigenvalue weighted by Gasteiger charge is -2.14. The fourth-order valence-electron chi connectivity index (χ4n) is 6.31. The van der Waals surface area contributed by atoms with Gasteiger partial charge in [-0.05, 0) is 89.9 Å². The molecule has 0 radical (unpaired) electrons. The molecule has 0 bridgehead atoms. The highest BCUT2D eigenvalue weighted by Gasteiger charge is 2.17. The Balaban J connectivity index is 1.05. The van der Waals surface area contributed by atoms with Crippen LogP contribution >= 0.6 is 0 Å². The van der Waals surface area contributed by atoms with E-state index < -0.39 is 0 Å². The van der Waals surface area contributed by atoms with Crippen LogP contribution in [0.25, 0.3) is 32.3 Å². The molecule has 0 saturated carbocycles. The average Bonchev–Trinajstić information content (AvgIpc) is 3.58. The highest BCUT2D eigenvalue weighted by molar-refractivity contribution is 6.23. The Kier molecular flexibility index (Phi) is 8.76. The van der Waals surface area contributed by atoms with Crippen LogP contribution in [0.5, 0.6) is 0 Å². The number of amides is 3. The SMILES string of the molecule is CN(C)CCCNC(=O)c1cc(NC(=O)c2cc(NC(=O)CCCc3cc4cccc5ccc6cccc3c6c54)cn2C)cn1C. The van der Waals surface area contributed by atoms with Crippen LogP contribution in [-0.4, -0.2) is 58.9 Å². The largest absolute Gasteiger partial charge is 0.351 e. The number of aromatic nitrogens is 2. The minimum Gasteiger partial charge on any atom is -0.351 e. The third kappa shape index (κ3) is 6.46. The molecule has 0 atom stereocenters. The summed E-state index contributed by atoms with van der Waals surface area (Å²) in [6, 6.07) is 22.8. The lowest BCUT2D eigenvalue weighted by molar-refractivity contribution is -0.116. The number of nitrogens with zero attached hydrogens (tertiary/aromatic N) is 3. The highest BCUT2D eigenvalue weighted by atomic mass is 16.2. The zero-order valence-electron chi connectivity index (χ0n) is 26.8. The summed E-state index contributed by atoms with van der Waals surface area (Å²) in [7, 11) is 7.52. The molecule has 236 valence electrons. The number of carbonyl (C=O) groups is 3. The van der Waals surface area contributed by atoms with E-state index in [2.05, 4.69) is 75.4 Å². The standard InChI is InChI=1S/C37H40N6O3/c1-41(2)18-8-17-38-36(45)31-21-29(23-42(31)3)40-37(46)32-20-28(22-43(32)4)39-33(44)14-7-11-26-19-27-12-5-9-24-15-16-25-10-6-13-30(26)35(25)34(24)27/h5-6,9-10,12-13,15-16,19-23H,7-8,11,14,17-18H2,1-4H3,(H,38,45)(H,39,44)(H,40,46). The van der Waals surface area contributed by atoms with Crippen LogP contribution in [0, 0.1) is 0 Å². The zero-order valence-corrected chi connectivity index (χ0v) is 26.8. The molecule has 2 heterocycles. The molecule has 0 spiro atoms. The van der Waals surface area contributed by atoms with Crippen molar-refractivity contribution in [3.8, 4) is 0 Å². The van der Waals surface area contributed by atoms with Crippen molar-refractivity contribution in [2.75, 3.05) is 37.8 Å². The van der Waals surface area contributed by atoms with Gasteiger partial charge < -0.3 is 30.0 Å². The first-order valence-electron chi connectivity index (χ1n) is 15.7. The van der Waals surface area contributed by atoms with E-state index in [1.54, 1.807) is 47.8 Å². The topological polar surface area (TPSA) is 100 Å². The number of hydrogen-bond donors (Lipinski definition) is 3. The van der Waals surface area contributed by atoms with E-state index in [1.807, 2.05) is 14.1 Å². The molecule has 9 heteroatoms. The summed E-state index contributed by atoms with van der Waals surface area (Å²) in [6.07, 6.45) is 6.13. The second-order valence-corrected chi connectivity index (χ2v) is 12.3. The van der Waals surface area contributed by atoms with Crippen molar-refractivity contribution in [3.05, 3.63) is 96.1 Å². The molecule has 0 aliphatic carbocycles. The van der Waals surface area contributed by atoms with Gasteiger partial charge in [-0.15, -0.1) is 0 Å². The van der Waals surface area contributed by atoms with Crippen molar-refractivity contribution < 1.29 is 14.4 Å². The average molecular weight is 617 g/mol. The lowest BCUT2D eigenvalue weighted by atomic mass is 9.90. The van der Waals surface area contributed by atoms with Gasteiger partial charge in [0.1, 0.15) is 11.4 Å². The number of nitrogens with one attached hydrogen (secondary N) is 3. The fourth-order valence-corrected chi connectivity index (χ4v) is 6.31. The highest BCUT2D eigenvalue weighted by Crippen LogP contribution is 2.36.